The fourth-order valence-corrected chi connectivity index (χ4v) is 2.03. The van der Waals surface area contributed by atoms with Crippen LogP contribution in [0.1, 0.15) is 33.1 Å². The molecule has 0 saturated carbocycles. The van der Waals surface area contributed by atoms with E-state index in [1.807, 2.05) is 0 Å². The minimum Gasteiger partial charge on any atom is -0.326 e. The highest BCUT2D eigenvalue weighted by Crippen LogP contribution is 2.19. The molecular weight excluding hydrogens is 136 g/mol. The molecule has 1 heterocycles. The van der Waals surface area contributed by atoms with Crippen LogP contribution in [0.25, 0.3) is 0 Å². The van der Waals surface area contributed by atoms with Crippen LogP contribution in [0, 0.1) is 0 Å². The second-order valence-corrected chi connectivity index (χ2v) is 3.44. The third-order valence-corrected chi connectivity index (χ3v) is 2.70. The summed E-state index contributed by atoms with van der Waals surface area (Å²) in [6.45, 7) is 6.83. The van der Waals surface area contributed by atoms with Gasteiger partial charge >= 0.3 is 0 Å². The van der Waals surface area contributed by atoms with Gasteiger partial charge in [-0.1, -0.05) is 20.3 Å². The van der Waals surface area contributed by atoms with E-state index in [1.54, 1.807) is 0 Å². The summed E-state index contributed by atoms with van der Waals surface area (Å²) < 4.78 is 0. The second kappa shape index (κ2) is 4.07. The van der Waals surface area contributed by atoms with Gasteiger partial charge in [-0.2, -0.15) is 0 Å². The normalized spacial score (nSPS) is 33.0. The molecule has 0 aliphatic carbocycles. The van der Waals surface area contributed by atoms with Gasteiger partial charge in [-0.05, 0) is 19.4 Å². The fourth-order valence-electron chi connectivity index (χ4n) is 2.03. The average Bonchev–Trinajstić information content (AvgIpc) is 2.34. The minimum atomic E-state index is 0.440. The van der Waals surface area contributed by atoms with Crippen LogP contribution in [-0.4, -0.2) is 30.1 Å². The Labute approximate surface area is 69.8 Å². The zero-order valence-corrected chi connectivity index (χ0v) is 7.71. The molecular formula is C9H20N2. The molecule has 1 aliphatic rings. The molecule has 11 heavy (non-hydrogen) atoms. The smallest absolute Gasteiger partial charge is 0.0247 e. The number of likely N-dealkylation sites (N-methyl/N-ethyl adjacent to an activating group) is 1. The topological polar surface area (TPSA) is 29.3 Å². The maximum absolute atomic E-state index is 5.99. The van der Waals surface area contributed by atoms with E-state index in [1.165, 1.54) is 32.4 Å². The Kier molecular flexibility index (Phi) is 3.34. The van der Waals surface area contributed by atoms with Crippen LogP contribution < -0.4 is 5.73 Å². The molecule has 0 aromatic carbocycles. The molecule has 0 aromatic rings. The van der Waals surface area contributed by atoms with Gasteiger partial charge in [-0.25, -0.2) is 0 Å². The Morgan fingerprint density at radius 3 is 2.73 bits per heavy atom. The quantitative estimate of drug-likeness (QED) is 0.665. The number of likely N-dealkylation sites (tertiary alicyclic amines) is 1. The molecule has 1 saturated heterocycles. The summed E-state index contributed by atoms with van der Waals surface area (Å²) in [5.74, 6) is 0. The third kappa shape index (κ3) is 1.94. The number of nitrogens with two attached hydrogens (primary N) is 1. The van der Waals surface area contributed by atoms with E-state index in [4.69, 9.17) is 5.73 Å². The van der Waals surface area contributed by atoms with Crippen molar-refractivity contribution < 1.29 is 0 Å². The van der Waals surface area contributed by atoms with Gasteiger partial charge in [0.25, 0.3) is 0 Å². The van der Waals surface area contributed by atoms with Gasteiger partial charge in [0.1, 0.15) is 0 Å². The van der Waals surface area contributed by atoms with Crippen molar-refractivity contribution in [1.29, 1.82) is 0 Å². The molecule has 2 atom stereocenters. The van der Waals surface area contributed by atoms with Crippen LogP contribution in [0.15, 0.2) is 0 Å². The zero-order chi connectivity index (χ0) is 8.27. The van der Waals surface area contributed by atoms with Gasteiger partial charge in [0.15, 0.2) is 0 Å². The second-order valence-electron chi connectivity index (χ2n) is 3.44. The SMILES string of the molecule is CCC[C@@H]1[C@H](N)CCN1CC. The largest absolute Gasteiger partial charge is 0.326 e. The van der Waals surface area contributed by atoms with Gasteiger partial charge in [0.2, 0.25) is 0 Å². The Morgan fingerprint density at radius 1 is 1.45 bits per heavy atom. The van der Waals surface area contributed by atoms with Crippen LogP contribution in [0.5, 0.6) is 0 Å². The van der Waals surface area contributed by atoms with Gasteiger partial charge in [-0.15, -0.1) is 0 Å². The highest BCUT2D eigenvalue weighted by atomic mass is 15.2. The number of hydrogen-bond donors (Lipinski definition) is 1. The predicted octanol–water partition coefficient (Wildman–Crippen LogP) is 1.21. The van der Waals surface area contributed by atoms with E-state index < -0.39 is 0 Å². The Morgan fingerprint density at radius 2 is 2.18 bits per heavy atom. The number of rotatable bonds is 3. The lowest BCUT2D eigenvalue weighted by Gasteiger charge is -2.24. The molecule has 0 radical (unpaired) electrons. The van der Waals surface area contributed by atoms with Crippen molar-refractivity contribution in [3.8, 4) is 0 Å². The van der Waals surface area contributed by atoms with Crippen LogP contribution in [0.4, 0.5) is 0 Å². The first-order valence-corrected chi connectivity index (χ1v) is 4.79. The maximum Gasteiger partial charge on any atom is 0.0247 e. The molecule has 1 fully saturated rings. The monoisotopic (exact) mass is 156 g/mol. The number of nitrogens with zero attached hydrogens (tertiary/aromatic N) is 1. The minimum absolute atomic E-state index is 0.440. The zero-order valence-electron chi connectivity index (χ0n) is 7.71. The van der Waals surface area contributed by atoms with E-state index in [0.29, 0.717) is 12.1 Å². The summed E-state index contributed by atoms with van der Waals surface area (Å²) in [5, 5.41) is 0. The van der Waals surface area contributed by atoms with E-state index in [9.17, 15) is 0 Å². The highest BCUT2D eigenvalue weighted by molar-refractivity contribution is 4.88. The summed E-state index contributed by atoms with van der Waals surface area (Å²) in [6.07, 6.45) is 3.72. The van der Waals surface area contributed by atoms with Crippen molar-refractivity contribution in [1.82, 2.24) is 4.90 Å². The van der Waals surface area contributed by atoms with Crippen molar-refractivity contribution in [3.63, 3.8) is 0 Å². The fraction of sp³-hybridized carbons (Fsp3) is 1.00. The van der Waals surface area contributed by atoms with Crippen molar-refractivity contribution in [2.24, 2.45) is 5.73 Å². The first kappa shape index (κ1) is 9.01. The van der Waals surface area contributed by atoms with Gasteiger partial charge < -0.3 is 5.73 Å². The molecule has 0 amide bonds. The summed E-state index contributed by atoms with van der Waals surface area (Å²) in [6, 6.07) is 1.11. The lowest BCUT2D eigenvalue weighted by Crippen LogP contribution is -2.39. The lowest BCUT2D eigenvalue weighted by atomic mass is 10.1. The molecule has 0 spiro atoms. The third-order valence-electron chi connectivity index (χ3n) is 2.70. The van der Waals surface area contributed by atoms with E-state index >= 15 is 0 Å². The van der Waals surface area contributed by atoms with Crippen LogP contribution in [-0.2, 0) is 0 Å². The summed E-state index contributed by atoms with van der Waals surface area (Å²) >= 11 is 0. The van der Waals surface area contributed by atoms with E-state index in [0.717, 1.165) is 0 Å². The van der Waals surface area contributed by atoms with Crippen molar-refractivity contribution in [2.75, 3.05) is 13.1 Å². The van der Waals surface area contributed by atoms with Crippen molar-refractivity contribution in [3.05, 3.63) is 0 Å². The molecule has 0 aromatic heterocycles. The molecule has 2 N–H and O–H groups in total. The Hall–Kier alpha value is -0.0800. The predicted molar refractivity (Wildman–Crippen MR) is 48.5 cm³/mol. The number of hydrogen-bond acceptors (Lipinski definition) is 2. The first-order valence-electron chi connectivity index (χ1n) is 4.79. The van der Waals surface area contributed by atoms with Gasteiger partial charge in [-0.3, -0.25) is 4.90 Å². The molecule has 1 aliphatic heterocycles. The Bertz CT molecular complexity index is 114. The van der Waals surface area contributed by atoms with Gasteiger partial charge in [0, 0.05) is 18.6 Å². The molecule has 1 rings (SSSR count). The van der Waals surface area contributed by atoms with Gasteiger partial charge in [0.05, 0.1) is 0 Å². The molecule has 2 heteroatoms. The van der Waals surface area contributed by atoms with E-state index in [-0.39, 0.29) is 0 Å². The summed E-state index contributed by atoms with van der Waals surface area (Å²) in [7, 11) is 0. The van der Waals surface area contributed by atoms with Crippen LogP contribution in [0.2, 0.25) is 0 Å². The molecule has 0 unspecified atom stereocenters. The lowest BCUT2D eigenvalue weighted by molar-refractivity contribution is 0.244. The summed E-state index contributed by atoms with van der Waals surface area (Å²) in [5.41, 5.74) is 5.99. The molecule has 2 nitrogen and oxygen atoms in total. The molecule has 66 valence electrons. The standard InChI is InChI=1S/C9H20N2/c1-3-5-9-8(10)6-7-11(9)4-2/h8-9H,3-7,10H2,1-2H3/t8-,9-/m1/s1. The van der Waals surface area contributed by atoms with Crippen LogP contribution in [0.3, 0.4) is 0 Å². The average molecular weight is 156 g/mol. The first-order chi connectivity index (χ1) is 5.29. The Balaban J connectivity index is 2.42. The van der Waals surface area contributed by atoms with Crippen LogP contribution >= 0.6 is 0 Å². The van der Waals surface area contributed by atoms with Crippen molar-refractivity contribution in [2.45, 2.75) is 45.2 Å². The van der Waals surface area contributed by atoms with E-state index in [2.05, 4.69) is 18.7 Å². The summed E-state index contributed by atoms with van der Waals surface area (Å²) in [4.78, 5) is 2.51. The molecule has 0 bridgehead atoms. The maximum atomic E-state index is 5.99. The van der Waals surface area contributed by atoms with Crippen molar-refractivity contribution >= 4 is 0 Å². The highest BCUT2D eigenvalue weighted by Gasteiger charge is 2.28.